The summed E-state index contributed by atoms with van der Waals surface area (Å²) in [6.07, 6.45) is 5.24. The highest BCUT2D eigenvalue weighted by Crippen LogP contribution is 2.33. The number of benzene rings is 3. The average molecular weight is 413 g/mol. The van der Waals surface area contributed by atoms with Crippen LogP contribution < -0.4 is 4.74 Å². The van der Waals surface area contributed by atoms with Gasteiger partial charge in [-0.25, -0.2) is 0 Å². The molecule has 0 aromatic heterocycles. The smallest absolute Gasteiger partial charge is 0.124 e. The first-order chi connectivity index (χ1) is 14.7. The lowest BCUT2D eigenvalue weighted by molar-refractivity contribution is 0.283. The lowest BCUT2D eigenvalue weighted by atomic mass is 10.00. The molecule has 0 aliphatic carbocycles. The Kier molecular flexibility index (Phi) is 6.05. The monoisotopic (exact) mass is 412 g/mol. The van der Waals surface area contributed by atoms with Crippen LogP contribution >= 0.6 is 12.6 Å². The van der Waals surface area contributed by atoms with E-state index in [0.29, 0.717) is 6.61 Å². The third-order valence-corrected chi connectivity index (χ3v) is 5.65. The molecule has 3 aromatic carbocycles. The molecule has 3 aromatic rings. The van der Waals surface area contributed by atoms with Gasteiger partial charge in [-0.05, 0) is 47.0 Å². The highest BCUT2D eigenvalue weighted by molar-refractivity contribution is 7.80. The second-order valence-corrected chi connectivity index (χ2v) is 7.65. The predicted molar refractivity (Wildman–Crippen MR) is 128 cm³/mol. The Morgan fingerprint density at radius 1 is 1.03 bits per heavy atom. The van der Waals surface area contributed by atoms with Crippen LogP contribution in [-0.2, 0) is 6.54 Å². The number of rotatable bonds is 5. The number of hydrogen-bond acceptors (Lipinski definition) is 4. The molecule has 1 aliphatic heterocycles. The highest BCUT2D eigenvalue weighted by Gasteiger charge is 2.19. The van der Waals surface area contributed by atoms with E-state index in [0.717, 1.165) is 57.2 Å². The maximum Gasteiger partial charge on any atom is 0.124 e. The van der Waals surface area contributed by atoms with Crippen LogP contribution in [0.5, 0.6) is 5.75 Å². The number of nitrogens with one attached hydrogen (secondary N) is 1. The summed E-state index contributed by atoms with van der Waals surface area (Å²) in [5.74, 6) is 0.922. The Labute approximate surface area is 183 Å². The molecule has 4 rings (SSSR count). The minimum atomic E-state index is 0.625. The Morgan fingerprint density at radius 3 is 2.57 bits per heavy atom. The van der Waals surface area contributed by atoms with Gasteiger partial charge in [0.25, 0.3) is 0 Å². The summed E-state index contributed by atoms with van der Waals surface area (Å²) in [5.41, 5.74) is 6.42. The molecule has 1 N–H and O–H groups in total. The molecule has 3 nitrogen and oxygen atoms in total. The Morgan fingerprint density at radius 2 is 1.80 bits per heavy atom. The predicted octanol–water partition coefficient (Wildman–Crippen LogP) is 6.06. The van der Waals surface area contributed by atoms with Gasteiger partial charge in [-0.1, -0.05) is 55.1 Å². The number of ether oxygens (including phenoxy) is 1. The fourth-order valence-electron chi connectivity index (χ4n) is 3.73. The zero-order valence-electron chi connectivity index (χ0n) is 16.7. The standard InChI is InChI=1S/C26H24N2OS/c1-2-6-24(19-7-4-3-5-8-19)28-13-14-29-25-11-9-20(16-23(25)18-28)21-10-12-26(30)22(15-21)17-27/h2-12,15-17,27,30H,1,13-14,18H2/b24-6+,27-17?. The van der Waals surface area contributed by atoms with Gasteiger partial charge in [0.05, 0.1) is 6.54 Å². The van der Waals surface area contributed by atoms with Gasteiger partial charge in [0.15, 0.2) is 0 Å². The van der Waals surface area contributed by atoms with Gasteiger partial charge >= 0.3 is 0 Å². The Balaban J connectivity index is 1.70. The number of nitrogens with zero attached hydrogens (tertiary/aromatic N) is 1. The summed E-state index contributed by atoms with van der Waals surface area (Å²) in [6.45, 7) is 6.08. The fourth-order valence-corrected chi connectivity index (χ4v) is 3.94. The third-order valence-electron chi connectivity index (χ3n) is 5.24. The van der Waals surface area contributed by atoms with Gasteiger partial charge < -0.3 is 15.0 Å². The fraction of sp³-hybridized carbons (Fsp3) is 0.115. The number of thiol groups is 1. The molecule has 0 amide bonds. The zero-order valence-corrected chi connectivity index (χ0v) is 17.6. The van der Waals surface area contributed by atoms with Crippen LogP contribution in [0.25, 0.3) is 16.8 Å². The molecule has 0 saturated heterocycles. The van der Waals surface area contributed by atoms with E-state index in [9.17, 15) is 0 Å². The van der Waals surface area contributed by atoms with Crippen LogP contribution in [0.2, 0.25) is 0 Å². The van der Waals surface area contributed by atoms with Gasteiger partial charge in [-0.2, -0.15) is 0 Å². The molecule has 150 valence electrons. The largest absolute Gasteiger partial charge is 0.491 e. The minimum Gasteiger partial charge on any atom is -0.491 e. The van der Waals surface area contributed by atoms with Crippen LogP contribution in [-0.4, -0.2) is 24.3 Å². The van der Waals surface area contributed by atoms with Crippen LogP contribution in [0.1, 0.15) is 16.7 Å². The number of hydrogen-bond donors (Lipinski definition) is 2. The van der Waals surface area contributed by atoms with Crippen LogP contribution in [0, 0.1) is 5.41 Å². The minimum absolute atomic E-state index is 0.625. The maximum atomic E-state index is 7.60. The van der Waals surface area contributed by atoms with Crippen molar-refractivity contribution < 1.29 is 4.74 Å². The van der Waals surface area contributed by atoms with Gasteiger partial charge in [0, 0.05) is 34.5 Å². The molecule has 1 heterocycles. The van der Waals surface area contributed by atoms with Crippen molar-refractivity contribution in [2.45, 2.75) is 11.4 Å². The van der Waals surface area contributed by atoms with Crippen molar-refractivity contribution in [2.24, 2.45) is 0 Å². The van der Waals surface area contributed by atoms with Crippen molar-refractivity contribution >= 4 is 24.5 Å². The van der Waals surface area contributed by atoms with E-state index < -0.39 is 0 Å². The van der Waals surface area contributed by atoms with Gasteiger partial charge in [-0.3, -0.25) is 0 Å². The van der Waals surface area contributed by atoms with Crippen molar-refractivity contribution in [1.82, 2.24) is 4.90 Å². The molecular weight excluding hydrogens is 388 g/mol. The molecule has 0 unspecified atom stereocenters. The van der Waals surface area contributed by atoms with E-state index >= 15 is 0 Å². The third kappa shape index (κ3) is 4.19. The summed E-state index contributed by atoms with van der Waals surface area (Å²) in [7, 11) is 0. The summed E-state index contributed by atoms with van der Waals surface area (Å²) in [4.78, 5) is 3.15. The maximum absolute atomic E-state index is 7.60. The van der Waals surface area contributed by atoms with Gasteiger partial charge in [-0.15, -0.1) is 12.6 Å². The molecule has 0 spiro atoms. The van der Waals surface area contributed by atoms with E-state index in [1.165, 1.54) is 6.21 Å². The van der Waals surface area contributed by atoms with Crippen molar-refractivity contribution in [3.63, 3.8) is 0 Å². The van der Waals surface area contributed by atoms with Crippen LogP contribution in [0.3, 0.4) is 0 Å². The van der Waals surface area contributed by atoms with Gasteiger partial charge in [0.1, 0.15) is 12.4 Å². The Hall–Kier alpha value is -3.24. The highest BCUT2D eigenvalue weighted by atomic mass is 32.1. The van der Waals surface area contributed by atoms with Crippen molar-refractivity contribution in [1.29, 1.82) is 5.41 Å². The van der Waals surface area contributed by atoms with E-state index in [1.807, 2.05) is 36.4 Å². The molecule has 4 heteroatoms. The topological polar surface area (TPSA) is 36.3 Å². The average Bonchev–Trinajstić information content (AvgIpc) is 3.00. The first-order valence-electron chi connectivity index (χ1n) is 9.92. The molecule has 1 aliphatic rings. The van der Waals surface area contributed by atoms with E-state index in [-0.39, 0.29) is 0 Å². The van der Waals surface area contributed by atoms with Crippen molar-refractivity contribution in [2.75, 3.05) is 13.2 Å². The SMILES string of the molecule is C=C/C=C(\c1ccccc1)N1CCOc2ccc(-c3ccc(S)c(C=N)c3)cc2C1. The first-order valence-corrected chi connectivity index (χ1v) is 10.4. The quantitative estimate of drug-likeness (QED) is 0.303. The summed E-state index contributed by atoms with van der Waals surface area (Å²) in [6, 6.07) is 22.7. The molecule has 0 saturated carbocycles. The van der Waals surface area contributed by atoms with E-state index in [4.69, 9.17) is 10.1 Å². The lowest BCUT2D eigenvalue weighted by Crippen LogP contribution is -2.24. The molecule has 0 fully saturated rings. The summed E-state index contributed by atoms with van der Waals surface area (Å²) >= 11 is 4.43. The number of fused-ring (bicyclic) bond motifs is 1. The second-order valence-electron chi connectivity index (χ2n) is 7.16. The van der Waals surface area contributed by atoms with E-state index in [1.54, 1.807) is 0 Å². The molecule has 0 atom stereocenters. The summed E-state index contributed by atoms with van der Waals surface area (Å²) < 4.78 is 6.05. The van der Waals surface area contributed by atoms with Crippen molar-refractivity contribution in [3.05, 3.63) is 102 Å². The van der Waals surface area contributed by atoms with Crippen LogP contribution in [0.15, 0.2) is 90.4 Å². The normalized spacial score (nSPS) is 13.8. The summed E-state index contributed by atoms with van der Waals surface area (Å²) in [5, 5.41) is 7.60. The molecule has 30 heavy (non-hydrogen) atoms. The lowest BCUT2D eigenvalue weighted by Gasteiger charge is -2.25. The number of allylic oxidation sites excluding steroid dienone is 2. The molecule has 0 bridgehead atoms. The van der Waals surface area contributed by atoms with Crippen molar-refractivity contribution in [3.8, 4) is 16.9 Å². The first kappa shape index (κ1) is 20.0. The van der Waals surface area contributed by atoms with Crippen LogP contribution in [0.4, 0.5) is 0 Å². The second kappa shape index (κ2) is 9.06. The molecule has 0 radical (unpaired) electrons. The Bertz CT molecular complexity index is 1110. The van der Waals surface area contributed by atoms with E-state index in [2.05, 4.69) is 66.6 Å². The molecular formula is C26H24N2OS. The zero-order chi connectivity index (χ0) is 20.9. The van der Waals surface area contributed by atoms with Gasteiger partial charge in [0.2, 0.25) is 0 Å².